The van der Waals surface area contributed by atoms with Gasteiger partial charge in [0.15, 0.2) is 0 Å². The normalized spacial score (nSPS) is 33.7. The summed E-state index contributed by atoms with van der Waals surface area (Å²) in [6.07, 6.45) is 11.3. The zero-order chi connectivity index (χ0) is 10.9. The van der Waals surface area contributed by atoms with Gasteiger partial charge in [-0.1, -0.05) is 25.7 Å². The van der Waals surface area contributed by atoms with E-state index < -0.39 is 9.84 Å². The van der Waals surface area contributed by atoms with Crippen LogP contribution in [0.2, 0.25) is 0 Å². The Morgan fingerprint density at radius 1 is 1.00 bits per heavy atom. The first-order valence-corrected chi connectivity index (χ1v) is 8.20. The van der Waals surface area contributed by atoms with Gasteiger partial charge in [-0.2, -0.15) is 0 Å². The molecule has 0 radical (unpaired) electrons. The first-order valence-electron chi connectivity index (χ1n) is 6.24. The van der Waals surface area contributed by atoms with E-state index in [0.717, 1.165) is 25.2 Å². The summed E-state index contributed by atoms with van der Waals surface area (Å²) in [5.74, 6) is 1.61. The third-order valence-corrected chi connectivity index (χ3v) is 5.88. The van der Waals surface area contributed by atoms with Gasteiger partial charge in [0, 0.05) is 6.26 Å². The van der Waals surface area contributed by atoms with Gasteiger partial charge >= 0.3 is 0 Å². The largest absolute Gasteiger partial charge is 0.229 e. The van der Waals surface area contributed by atoms with E-state index in [1.807, 2.05) is 0 Å². The van der Waals surface area contributed by atoms with Gasteiger partial charge in [-0.05, 0) is 37.5 Å². The molecule has 2 atom stereocenters. The molecule has 0 aromatic rings. The fourth-order valence-electron chi connectivity index (χ4n) is 3.35. The fraction of sp³-hybridized carbons (Fsp3) is 1.00. The van der Waals surface area contributed by atoms with Crippen molar-refractivity contribution < 1.29 is 8.42 Å². The highest BCUT2D eigenvalue weighted by Gasteiger charge is 2.32. The van der Waals surface area contributed by atoms with Crippen LogP contribution in [0.4, 0.5) is 0 Å². The Hall–Kier alpha value is -0.0500. The van der Waals surface area contributed by atoms with E-state index in [0.29, 0.717) is 5.92 Å². The lowest BCUT2D eigenvalue weighted by atomic mass is 9.92. The van der Waals surface area contributed by atoms with Crippen LogP contribution in [0, 0.1) is 11.8 Å². The lowest BCUT2D eigenvalue weighted by molar-refractivity contribution is 0.382. The summed E-state index contributed by atoms with van der Waals surface area (Å²) < 4.78 is 22.8. The lowest BCUT2D eigenvalue weighted by Crippen LogP contribution is -2.16. The quantitative estimate of drug-likeness (QED) is 0.747. The highest BCUT2D eigenvalue weighted by Crippen LogP contribution is 2.38. The average molecular weight is 230 g/mol. The molecule has 0 bridgehead atoms. The maximum atomic E-state index is 11.4. The van der Waals surface area contributed by atoms with Crippen molar-refractivity contribution in [2.24, 2.45) is 11.8 Å². The maximum Gasteiger partial charge on any atom is 0.150 e. The standard InChI is InChI=1S/C12H22O2S/c1-15(13,14)12-7-6-11(9-12)8-10-4-2-3-5-10/h10-12H,2-9H2,1H3. The minimum atomic E-state index is -2.77. The van der Waals surface area contributed by atoms with E-state index in [2.05, 4.69) is 0 Å². The molecule has 15 heavy (non-hydrogen) atoms. The van der Waals surface area contributed by atoms with Crippen molar-refractivity contribution in [1.82, 2.24) is 0 Å². The molecule has 0 N–H and O–H groups in total. The summed E-state index contributed by atoms with van der Waals surface area (Å²) in [5, 5.41) is -0.0242. The van der Waals surface area contributed by atoms with Crippen molar-refractivity contribution in [2.75, 3.05) is 6.26 Å². The van der Waals surface area contributed by atoms with Crippen LogP contribution in [-0.4, -0.2) is 19.9 Å². The Morgan fingerprint density at radius 2 is 1.67 bits per heavy atom. The van der Waals surface area contributed by atoms with Crippen LogP contribution in [0.1, 0.15) is 51.4 Å². The summed E-state index contributed by atoms with van der Waals surface area (Å²) in [4.78, 5) is 0. The summed E-state index contributed by atoms with van der Waals surface area (Å²) in [5.41, 5.74) is 0. The molecule has 2 aliphatic carbocycles. The number of hydrogen-bond acceptors (Lipinski definition) is 2. The van der Waals surface area contributed by atoms with Gasteiger partial charge < -0.3 is 0 Å². The van der Waals surface area contributed by atoms with Crippen molar-refractivity contribution >= 4 is 9.84 Å². The second-order valence-corrected chi connectivity index (χ2v) is 7.84. The first-order chi connectivity index (χ1) is 7.05. The molecule has 2 nitrogen and oxygen atoms in total. The van der Waals surface area contributed by atoms with Gasteiger partial charge in [-0.3, -0.25) is 0 Å². The first kappa shape index (κ1) is 11.4. The van der Waals surface area contributed by atoms with E-state index in [9.17, 15) is 8.42 Å². The monoisotopic (exact) mass is 230 g/mol. The Balaban J connectivity index is 1.82. The molecule has 0 aromatic heterocycles. The van der Waals surface area contributed by atoms with Crippen LogP contribution in [0.25, 0.3) is 0 Å². The predicted octanol–water partition coefficient (Wildman–Crippen LogP) is 2.78. The van der Waals surface area contributed by atoms with Crippen LogP contribution in [0.5, 0.6) is 0 Å². The third-order valence-electron chi connectivity index (χ3n) is 4.24. The van der Waals surface area contributed by atoms with E-state index in [1.54, 1.807) is 0 Å². The molecule has 2 rings (SSSR count). The van der Waals surface area contributed by atoms with Crippen LogP contribution in [-0.2, 0) is 9.84 Å². The topological polar surface area (TPSA) is 34.1 Å². The van der Waals surface area contributed by atoms with E-state index >= 15 is 0 Å². The van der Waals surface area contributed by atoms with Crippen molar-refractivity contribution in [3.05, 3.63) is 0 Å². The average Bonchev–Trinajstić information content (AvgIpc) is 2.73. The lowest BCUT2D eigenvalue weighted by Gasteiger charge is -2.15. The Bertz CT molecular complexity index is 302. The highest BCUT2D eigenvalue weighted by atomic mass is 32.2. The van der Waals surface area contributed by atoms with Gasteiger partial charge in [0.2, 0.25) is 0 Å². The van der Waals surface area contributed by atoms with E-state index in [-0.39, 0.29) is 5.25 Å². The number of hydrogen-bond donors (Lipinski definition) is 0. The highest BCUT2D eigenvalue weighted by molar-refractivity contribution is 7.91. The molecule has 0 amide bonds. The van der Waals surface area contributed by atoms with Gasteiger partial charge in [-0.25, -0.2) is 8.42 Å². The molecular weight excluding hydrogens is 208 g/mol. The van der Waals surface area contributed by atoms with Crippen molar-refractivity contribution in [3.63, 3.8) is 0 Å². The van der Waals surface area contributed by atoms with Crippen LogP contribution in [0.3, 0.4) is 0 Å². The maximum absolute atomic E-state index is 11.4. The van der Waals surface area contributed by atoms with Crippen molar-refractivity contribution in [3.8, 4) is 0 Å². The predicted molar refractivity (Wildman–Crippen MR) is 62.5 cm³/mol. The summed E-state index contributed by atoms with van der Waals surface area (Å²) in [7, 11) is -2.77. The van der Waals surface area contributed by atoms with Crippen molar-refractivity contribution in [1.29, 1.82) is 0 Å². The van der Waals surface area contributed by atoms with E-state index in [1.165, 1.54) is 38.4 Å². The molecule has 0 aromatic carbocycles. The number of sulfone groups is 1. The molecule has 0 aliphatic heterocycles. The molecule has 0 heterocycles. The Kier molecular flexibility index (Phi) is 3.39. The molecule has 3 heteroatoms. The summed E-state index contributed by atoms with van der Waals surface area (Å²) >= 11 is 0. The fourth-order valence-corrected chi connectivity index (χ4v) is 4.54. The Labute approximate surface area is 93.4 Å². The van der Waals surface area contributed by atoms with Crippen LogP contribution < -0.4 is 0 Å². The molecule has 2 aliphatic rings. The van der Waals surface area contributed by atoms with Gasteiger partial charge in [-0.15, -0.1) is 0 Å². The SMILES string of the molecule is CS(=O)(=O)C1CCC(CC2CCCC2)C1. The van der Waals surface area contributed by atoms with Gasteiger partial charge in [0.05, 0.1) is 5.25 Å². The number of rotatable bonds is 3. The second-order valence-electron chi connectivity index (χ2n) is 5.52. The Morgan fingerprint density at radius 3 is 2.20 bits per heavy atom. The zero-order valence-corrected chi connectivity index (χ0v) is 10.4. The van der Waals surface area contributed by atoms with Gasteiger partial charge in [0.25, 0.3) is 0 Å². The molecule has 2 fully saturated rings. The summed E-state index contributed by atoms with van der Waals surface area (Å²) in [6, 6.07) is 0. The minimum absolute atomic E-state index is 0.0242. The van der Waals surface area contributed by atoms with E-state index in [4.69, 9.17) is 0 Å². The van der Waals surface area contributed by atoms with Gasteiger partial charge in [0.1, 0.15) is 9.84 Å². The third kappa shape index (κ3) is 2.96. The van der Waals surface area contributed by atoms with Crippen LogP contribution >= 0.6 is 0 Å². The second kappa shape index (κ2) is 4.44. The molecule has 2 unspecified atom stereocenters. The molecule has 0 spiro atoms. The zero-order valence-electron chi connectivity index (χ0n) is 9.61. The van der Waals surface area contributed by atoms with Crippen molar-refractivity contribution in [2.45, 2.75) is 56.6 Å². The smallest absolute Gasteiger partial charge is 0.150 e. The molecule has 0 saturated heterocycles. The van der Waals surface area contributed by atoms with Crippen LogP contribution in [0.15, 0.2) is 0 Å². The molecule has 2 saturated carbocycles. The minimum Gasteiger partial charge on any atom is -0.229 e. The summed E-state index contributed by atoms with van der Waals surface area (Å²) in [6.45, 7) is 0. The molecular formula is C12H22O2S. The molecule has 88 valence electrons.